The van der Waals surface area contributed by atoms with Crippen LogP contribution >= 0.6 is 11.3 Å². The minimum atomic E-state index is -0.128. The molecule has 0 bridgehead atoms. The maximum absolute atomic E-state index is 5.46. The Balaban J connectivity index is 1.17. The predicted octanol–water partition coefficient (Wildman–Crippen LogP) is 15.2. The van der Waals surface area contributed by atoms with Gasteiger partial charge in [-0.25, -0.2) is 9.97 Å². The SMILES string of the molecule is CC1(C)c2ccccc2-c2c(-c3cc(-c4cc(-c5ccccc5)cc(-c5cccc6c5sc5ccccc56)c4)nc(-c4cccc(-c5ccccc5)c4)n3)cccc21. The van der Waals surface area contributed by atoms with Crippen LogP contribution in [0.1, 0.15) is 25.0 Å². The molecule has 3 heteroatoms. The zero-order valence-corrected chi connectivity index (χ0v) is 33.1. The van der Waals surface area contributed by atoms with Gasteiger partial charge in [0.05, 0.1) is 11.4 Å². The average molecular weight is 759 g/mol. The Bertz CT molecular complexity index is 3190. The van der Waals surface area contributed by atoms with Gasteiger partial charge in [-0.3, -0.25) is 0 Å². The normalized spacial score (nSPS) is 12.8. The standard InChI is InChI=1S/C55H38N2S/c1-55(2)47-27-11-9-23-45(47)52-46(26-15-28-48(52)55)50-34-49(56-54(57-50)38-21-13-20-37(30-38)35-16-5-3-6-17-35)41-32-39(36-18-7-4-8-19-36)31-40(33-41)42-24-14-25-44-43-22-10-12-29-51(43)58-53(42)44/h3-34H,1-2H3. The van der Waals surface area contributed by atoms with Gasteiger partial charge < -0.3 is 0 Å². The number of hydrogen-bond acceptors (Lipinski definition) is 3. The van der Waals surface area contributed by atoms with Crippen molar-refractivity contribution >= 4 is 31.5 Å². The summed E-state index contributed by atoms with van der Waals surface area (Å²) in [4.78, 5) is 10.9. The summed E-state index contributed by atoms with van der Waals surface area (Å²) in [5, 5.41) is 2.59. The van der Waals surface area contributed by atoms with E-state index in [1.807, 2.05) is 11.3 Å². The van der Waals surface area contributed by atoms with Crippen LogP contribution in [0.4, 0.5) is 0 Å². The summed E-state index contributed by atoms with van der Waals surface area (Å²) >= 11 is 1.87. The summed E-state index contributed by atoms with van der Waals surface area (Å²) in [5.74, 6) is 0.701. The van der Waals surface area contributed by atoms with Gasteiger partial charge in [-0.1, -0.05) is 172 Å². The van der Waals surface area contributed by atoms with Crippen LogP contribution in [0.3, 0.4) is 0 Å². The second-order valence-electron chi connectivity index (χ2n) is 15.8. The summed E-state index contributed by atoms with van der Waals surface area (Å²) in [6, 6.07) is 70.1. The Morgan fingerprint density at radius 3 is 1.78 bits per heavy atom. The highest BCUT2D eigenvalue weighted by atomic mass is 32.1. The van der Waals surface area contributed by atoms with E-state index in [9.17, 15) is 0 Å². The molecule has 11 rings (SSSR count). The number of aromatic nitrogens is 2. The summed E-state index contributed by atoms with van der Waals surface area (Å²) in [7, 11) is 0. The smallest absolute Gasteiger partial charge is 0.160 e. The quantitative estimate of drug-likeness (QED) is 0.169. The van der Waals surface area contributed by atoms with Crippen molar-refractivity contribution < 1.29 is 0 Å². The fourth-order valence-electron chi connectivity index (χ4n) is 9.00. The third-order valence-electron chi connectivity index (χ3n) is 11.9. The van der Waals surface area contributed by atoms with Crippen molar-refractivity contribution in [1.29, 1.82) is 0 Å². The molecule has 0 saturated carbocycles. The Kier molecular flexibility index (Phi) is 8.06. The van der Waals surface area contributed by atoms with Gasteiger partial charge in [-0.15, -0.1) is 11.3 Å². The Hall–Kier alpha value is -6.94. The van der Waals surface area contributed by atoms with E-state index in [2.05, 4.69) is 208 Å². The van der Waals surface area contributed by atoms with Gasteiger partial charge >= 0.3 is 0 Å². The van der Waals surface area contributed by atoms with Crippen molar-refractivity contribution in [3.8, 4) is 78.4 Å². The van der Waals surface area contributed by atoms with Crippen LogP contribution in [0.5, 0.6) is 0 Å². The molecule has 0 aliphatic heterocycles. The molecule has 2 nitrogen and oxygen atoms in total. The van der Waals surface area contributed by atoms with Crippen LogP contribution < -0.4 is 0 Å². The van der Waals surface area contributed by atoms with Gasteiger partial charge in [0.15, 0.2) is 5.82 Å². The molecule has 274 valence electrons. The molecular weight excluding hydrogens is 721 g/mol. The third-order valence-corrected chi connectivity index (χ3v) is 13.1. The van der Waals surface area contributed by atoms with Crippen LogP contribution in [0.2, 0.25) is 0 Å². The summed E-state index contributed by atoms with van der Waals surface area (Å²) in [6.07, 6.45) is 0. The van der Waals surface area contributed by atoms with Crippen LogP contribution in [0, 0.1) is 0 Å². The minimum absolute atomic E-state index is 0.128. The molecule has 0 fully saturated rings. The van der Waals surface area contributed by atoms with E-state index in [0.717, 1.165) is 50.3 Å². The van der Waals surface area contributed by atoms with Crippen LogP contribution in [0.25, 0.3) is 98.6 Å². The second kappa shape index (κ2) is 13.6. The molecule has 0 radical (unpaired) electrons. The van der Waals surface area contributed by atoms with E-state index in [1.165, 1.54) is 53.6 Å². The fraction of sp³-hybridized carbons (Fsp3) is 0.0545. The average Bonchev–Trinajstić information content (AvgIpc) is 3.79. The molecule has 0 amide bonds. The van der Waals surface area contributed by atoms with Gasteiger partial charge in [0, 0.05) is 42.3 Å². The van der Waals surface area contributed by atoms with Crippen LogP contribution in [-0.4, -0.2) is 9.97 Å². The van der Waals surface area contributed by atoms with E-state index in [0.29, 0.717) is 5.82 Å². The van der Waals surface area contributed by atoms with Crippen molar-refractivity contribution in [1.82, 2.24) is 9.97 Å². The van der Waals surface area contributed by atoms with Gasteiger partial charge in [0.25, 0.3) is 0 Å². The van der Waals surface area contributed by atoms with Crippen molar-refractivity contribution in [2.45, 2.75) is 19.3 Å². The van der Waals surface area contributed by atoms with E-state index < -0.39 is 0 Å². The second-order valence-corrected chi connectivity index (χ2v) is 16.8. The number of benzene rings is 8. The number of rotatable bonds is 6. The monoisotopic (exact) mass is 758 g/mol. The molecule has 0 N–H and O–H groups in total. The zero-order valence-electron chi connectivity index (χ0n) is 32.3. The largest absolute Gasteiger partial charge is 0.228 e. The molecule has 0 unspecified atom stereocenters. The maximum atomic E-state index is 5.46. The van der Waals surface area contributed by atoms with Crippen molar-refractivity contribution in [2.75, 3.05) is 0 Å². The molecular formula is C55H38N2S. The minimum Gasteiger partial charge on any atom is -0.228 e. The van der Waals surface area contributed by atoms with Gasteiger partial charge in [-0.05, 0) is 92.0 Å². The Morgan fingerprint density at radius 2 is 0.931 bits per heavy atom. The highest BCUT2D eigenvalue weighted by Crippen LogP contribution is 2.52. The predicted molar refractivity (Wildman–Crippen MR) is 245 cm³/mol. The highest BCUT2D eigenvalue weighted by Gasteiger charge is 2.36. The molecule has 0 saturated heterocycles. The molecule has 2 heterocycles. The first-order valence-electron chi connectivity index (χ1n) is 19.9. The van der Waals surface area contributed by atoms with Crippen LogP contribution in [-0.2, 0) is 5.41 Å². The van der Waals surface area contributed by atoms with Gasteiger partial charge in [0.2, 0.25) is 0 Å². The van der Waals surface area contributed by atoms with E-state index in [-0.39, 0.29) is 5.41 Å². The molecule has 10 aromatic rings. The number of hydrogen-bond donors (Lipinski definition) is 0. The van der Waals surface area contributed by atoms with Crippen molar-refractivity contribution in [2.24, 2.45) is 0 Å². The Morgan fingerprint density at radius 1 is 0.379 bits per heavy atom. The summed E-state index contributed by atoms with van der Waals surface area (Å²) in [6.45, 7) is 4.67. The van der Waals surface area contributed by atoms with Gasteiger partial charge in [-0.2, -0.15) is 0 Å². The summed E-state index contributed by atoms with van der Waals surface area (Å²) < 4.78 is 2.59. The Labute approximate surface area is 342 Å². The number of thiophene rings is 1. The zero-order chi connectivity index (χ0) is 38.8. The lowest BCUT2D eigenvalue weighted by Gasteiger charge is -2.21. The first-order valence-corrected chi connectivity index (χ1v) is 20.7. The number of nitrogens with zero attached hydrogens (tertiary/aromatic N) is 2. The highest BCUT2D eigenvalue weighted by molar-refractivity contribution is 7.26. The molecule has 0 spiro atoms. The summed E-state index contributed by atoms with van der Waals surface area (Å²) in [5.41, 5.74) is 17.0. The lowest BCUT2D eigenvalue weighted by Crippen LogP contribution is -2.14. The molecule has 1 aliphatic carbocycles. The van der Waals surface area contributed by atoms with Crippen LogP contribution in [0.15, 0.2) is 194 Å². The topological polar surface area (TPSA) is 25.8 Å². The lowest BCUT2D eigenvalue weighted by atomic mass is 9.82. The fourth-order valence-corrected chi connectivity index (χ4v) is 10.2. The molecule has 0 atom stereocenters. The molecule has 2 aromatic heterocycles. The first-order chi connectivity index (χ1) is 28.5. The molecule has 8 aromatic carbocycles. The molecule has 58 heavy (non-hydrogen) atoms. The first kappa shape index (κ1) is 34.3. The maximum Gasteiger partial charge on any atom is 0.160 e. The van der Waals surface area contributed by atoms with E-state index in [1.54, 1.807) is 0 Å². The lowest BCUT2D eigenvalue weighted by molar-refractivity contribution is 0.660. The van der Waals surface area contributed by atoms with Crippen molar-refractivity contribution in [3.05, 3.63) is 205 Å². The number of fused-ring (bicyclic) bond motifs is 6. The van der Waals surface area contributed by atoms with Gasteiger partial charge in [0.1, 0.15) is 0 Å². The van der Waals surface area contributed by atoms with E-state index >= 15 is 0 Å². The van der Waals surface area contributed by atoms with E-state index in [4.69, 9.17) is 9.97 Å². The molecule has 1 aliphatic rings. The third kappa shape index (κ3) is 5.69. The van der Waals surface area contributed by atoms with Crippen molar-refractivity contribution in [3.63, 3.8) is 0 Å².